The van der Waals surface area contributed by atoms with E-state index in [0.717, 1.165) is 5.56 Å². The Morgan fingerprint density at radius 3 is 2.77 bits per heavy atom. The summed E-state index contributed by atoms with van der Waals surface area (Å²) in [5, 5.41) is 2.81. The second kappa shape index (κ2) is 7.06. The van der Waals surface area contributed by atoms with Gasteiger partial charge in [0.2, 0.25) is 11.8 Å². The predicted molar refractivity (Wildman–Crippen MR) is 83.1 cm³/mol. The van der Waals surface area contributed by atoms with Crippen molar-refractivity contribution in [2.45, 2.75) is 26.3 Å². The highest BCUT2D eigenvalue weighted by Gasteiger charge is 2.26. The number of aromatic nitrogens is 1. The molecule has 0 spiro atoms. The summed E-state index contributed by atoms with van der Waals surface area (Å²) in [6.45, 7) is 6.70. The van der Waals surface area contributed by atoms with Crippen LogP contribution < -0.4 is 10.9 Å². The Kier molecular flexibility index (Phi) is 5.14. The molecular formula is C16H21N3O3. The van der Waals surface area contributed by atoms with Crippen molar-refractivity contribution in [2.24, 2.45) is 5.92 Å². The van der Waals surface area contributed by atoms with Crippen LogP contribution in [0.15, 0.2) is 29.7 Å². The SMILES string of the molecule is C=CC(=O)N1CCC(C(=O)NCc2cc(C)c[nH]c2=O)CC1. The molecule has 0 saturated carbocycles. The zero-order valence-corrected chi connectivity index (χ0v) is 12.7. The molecular weight excluding hydrogens is 282 g/mol. The summed E-state index contributed by atoms with van der Waals surface area (Å²) in [4.78, 5) is 39.6. The van der Waals surface area contributed by atoms with Crippen LogP contribution in [0.1, 0.15) is 24.0 Å². The number of aromatic amines is 1. The topological polar surface area (TPSA) is 82.3 Å². The standard InChI is InChI=1S/C16H21N3O3/c1-3-14(20)19-6-4-12(5-7-19)15(21)18-10-13-8-11(2)9-17-16(13)22/h3,8-9,12H,1,4-7,10H2,2H3,(H,17,22)(H,18,21). The molecule has 1 aromatic heterocycles. The molecule has 2 heterocycles. The third-order valence-electron chi connectivity index (χ3n) is 3.93. The Balaban J connectivity index is 1.86. The number of carbonyl (C=O) groups excluding carboxylic acids is 2. The summed E-state index contributed by atoms with van der Waals surface area (Å²) >= 11 is 0. The van der Waals surface area contributed by atoms with Crippen molar-refractivity contribution in [2.75, 3.05) is 13.1 Å². The smallest absolute Gasteiger partial charge is 0.252 e. The molecule has 22 heavy (non-hydrogen) atoms. The highest BCUT2D eigenvalue weighted by atomic mass is 16.2. The van der Waals surface area contributed by atoms with E-state index in [9.17, 15) is 14.4 Å². The Hall–Kier alpha value is -2.37. The molecule has 118 valence electrons. The number of H-pyrrole nitrogens is 1. The minimum absolute atomic E-state index is 0.0633. The van der Waals surface area contributed by atoms with Crippen molar-refractivity contribution < 1.29 is 9.59 Å². The molecule has 1 aromatic rings. The van der Waals surface area contributed by atoms with E-state index in [1.165, 1.54) is 6.08 Å². The molecule has 1 aliphatic rings. The number of hydrogen-bond donors (Lipinski definition) is 2. The van der Waals surface area contributed by atoms with Crippen LogP contribution >= 0.6 is 0 Å². The van der Waals surface area contributed by atoms with Gasteiger partial charge in [-0.25, -0.2) is 0 Å². The number of pyridine rings is 1. The van der Waals surface area contributed by atoms with Gasteiger partial charge in [0.15, 0.2) is 0 Å². The van der Waals surface area contributed by atoms with E-state index < -0.39 is 0 Å². The summed E-state index contributed by atoms with van der Waals surface area (Å²) in [5.41, 5.74) is 1.31. The fourth-order valence-electron chi connectivity index (χ4n) is 2.60. The lowest BCUT2D eigenvalue weighted by atomic mass is 9.95. The van der Waals surface area contributed by atoms with E-state index in [1.54, 1.807) is 17.2 Å². The Morgan fingerprint density at radius 2 is 2.14 bits per heavy atom. The van der Waals surface area contributed by atoms with E-state index >= 15 is 0 Å². The van der Waals surface area contributed by atoms with Crippen LogP contribution in [0.3, 0.4) is 0 Å². The molecule has 0 atom stereocenters. The van der Waals surface area contributed by atoms with Crippen molar-refractivity contribution in [1.82, 2.24) is 15.2 Å². The molecule has 6 heteroatoms. The molecule has 0 aromatic carbocycles. The van der Waals surface area contributed by atoms with Crippen molar-refractivity contribution in [3.63, 3.8) is 0 Å². The molecule has 2 N–H and O–H groups in total. The monoisotopic (exact) mass is 303 g/mol. The summed E-state index contributed by atoms with van der Waals surface area (Å²) in [6, 6.07) is 1.77. The van der Waals surface area contributed by atoms with Gasteiger partial charge < -0.3 is 15.2 Å². The largest absolute Gasteiger partial charge is 0.352 e. The Labute approximate surface area is 129 Å². The first-order valence-electron chi connectivity index (χ1n) is 7.38. The minimum atomic E-state index is -0.183. The lowest BCUT2D eigenvalue weighted by Crippen LogP contribution is -2.42. The van der Waals surface area contributed by atoms with Crippen LogP contribution in [0.2, 0.25) is 0 Å². The summed E-state index contributed by atoms with van der Waals surface area (Å²) in [7, 11) is 0. The highest BCUT2D eigenvalue weighted by molar-refractivity contribution is 5.87. The van der Waals surface area contributed by atoms with Crippen molar-refractivity contribution in [1.29, 1.82) is 0 Å². The third-order valence-corrected chi connectivity index (χ3v) is 3.93. The van der Waals surface area contributed by atoms with Gasteiger partial charge in [0.1, 0.15) is 0 Å². The van der Waals surface area contributed by atoms with Crippen LogP contribution in [0.25, 0.3) is 0 Å². The second-order valence-electron chi connectivity index (χ2n) is 5.55. The summed E-state index contributed by atoms with van der Waals surface area (Å²) < 4.78 is 0. The average molecular weight is 303 g/mol. The molecule has 0 unspecified atom stereocenters. The molecule has 1 aliphatic heterocycles. The molecule has 2 rings (SSSR count). The van der Waals surface area contributed by atoms with E-state index in [0.29, 0.717) is 31.5 Å². The van der Waals surface area contributed by atoms with Gasteiger partial charge in [-0.2, -0.15) is 0 Å². The molecule has 6 nitrogen and oxygen atoms in total. The van der Waals surface area contributed by atoms with Gasteiger partial charge in [-0.3, -0.25) is 14.4 Å². The van der Waals surface area contributed by atoms with E-state index in [1.807, 2.05) is 6.92 Å². The quantitative estimate of drug-likeness (QED) is 0.804. The maximum Gasteiger partial charge on any atom is 0.252 e. The summed E-state index contributed by atoms with van der Waals surface area (Å²) in [5.74, 6) is -0.269. The molecule has 0 radical (unpaired) electrons. The first kappa shape index (κ1) is 16.0. The van der Waals surface area contributed by atoms with Gasteiger partial charge >= 0.3 is 0 Å². The van der Waals surface area contributed by atoms with Gasteiger partial charge in [-0.1, -0.05) is 6.58 Å². The van der Waals surface area contributed by atoms with Crippen LogP contribution in [0.4, 0.5) is 0 Å². The Bertz CT molecular complexity index is 628. The van der Waals surface area contributed by atoms with Gasteiger partial charge in [0.25, 0.3) is 5.56 Å². The number of likely N-dealkylation sites (tertiary alicyclic amines) is 1. The van der Waals surface area contributed by atoms with E-state index in [-0.39, 0.29) is 29.8 Å². The van der Waals surface area contributed by atoms with Crippen molar-refractivity contribution in [3.8, 4) is 0 Å². The number of nitrogens with one attached hydrogen (secondary N) is 2. The maximum atomic E-state index is 12.2. The number of aryl methyl sites for hydroxylation is 1. The number of piperidine rings is 1. The van der Waals surface area contributed by atoms with Crippen LogP contribution in [0, 0.1) is 12.8 Å². The molecule has 2 amide bonds. The lowest BCUT2D eigenvalue weighted by molar-refractivity contribution is -0.132. The van der Waals surface area contributed by atoms with Crippen LogP contribution in [-0.2, 0) is 16.1 Å². The third kappa shape index (κ3) is 3.84. The normalized spacial score (nSPS) is 15.4. The first-order chi connectivity index (χ1) is 10.5. The van der Waals surface area contributed by atoms with Gasteiger partial charge in [-0.15, -0.1) is 0 Å². The van der Waals surface area contributed by atoms with Crippen LogP contribution in [0.5, 0.6) is 0 Å². The zero-order chi connectivity index (χ0) is 16.1. The van der Waals surface area contributed by atoms with E-state index in [2.05, 4.69) is 16.9 Å². The number of nitrogens with zero attached hydrogens (tertiary/aromatic N) is 1. The lowest BCUT2D eigenvalue weighted by Gasteiger charge is -2.30. The number of rotatable bonds is 4. The number of amides is 2. The second-order valence-corrected chi connectivity index (χ2v) is 5.55. The number of carbonyl (C=O) groups is 2. The van der Waals surface area contributed by atoms with Gasteiger partial charge in [-0.05, 0) is 37.5 Å². The average Bonchev–Trinajstić information content (AvgIpc) is 2.54. The minimum Gasteiger partial charge on any atom is -0.352 e. The zero-order valence-electron chi connectivity index (χ0n) is 12.7. The first-order valence-corrected chi connectivity index (χ1v) is 7.38. The molecule has 0 aliphatic carbocycles. The highest BCUT2D eigenvalue weighted by Crippen LogP contribution is 2.17. The van der Waals surface area contributed by atoms with Gasteiger partial charge in [0, 0.05) is 37.3 Å². The van der Waals surface area contributed by atoms with Crippen molar-refractivity contribution in [3.05, 3.63) is 46.4 Å². The fourth-order valence-corrected chi connectivity index (χ4v) is 2.60. The Morgan fingerprint density at radius 1 is 1.45 bits per heavy atom. The fraction of sp³-hybridized carbons (Fsp3) is 0.438. The van der Waals surface area contributed by atoms with Gasteiger partial charge in [0.05, 0.1) is 0 Å². The molecule has 1 saturated heterocycles. The number of hydrogen-bond acceptors (Lipinski definition) is 3. The van der Waals surface area contributed by atoms with Crippen LogP contribution in [-0.4, -0.2) is 34.8 Å². The molecule has 1 fully saturated rings. The predicted octanol–water partition coefficient (Wildman–Crippen LogP) is 0.724. The van der Waals surface area contributed by atoms with Crippen molar-refractivity contribution >= 4 is 11.8 Å². The molecule has 0 bridgehead atoms. The maximum absolute atomic E-state index is 12.2. The summed E-state index contributed by atoms with van der Waals surface area (Å²) in [6.07, 6.45) is 4.20. The van der Waals surface area contributed by atoms with E-state index in [4.69, 9.17) is 0 Å².